The van der Waals surface area contributed by atoms with E-state index in [0.717, 1.165) is 13.1 Å². The molecule has 1 fully saturated rings. The largest absolute Gasteiger partial charge is 0.476 e. The SMILES string of the molecule is C[C@H](Cn1cc(C(=O)O)nn1)N1CCCC1. The van der Waals surface area contributed by atoms with E-state index in [-0.39, 0.29) is 5.69 Å². The molecule has 2 rings (SSSR count). The molecule has 1 aliphatic heterocycles. The van der Waals surface area contributed by atoms with E-state index in [4.69, 9.17) is 5.11 Å². The van der Waals surface area contributed by atoms with Crippen LogP contribution in [0.25, 0.3) is 0 Å². The summed E-state index contributed by atoms with van der Waals surface area (Å²) < 4.78 is 1.60. The first-order valence-electron chi connectivity index (χ1n) is 5.54. The summed E-state index contributed by atoms with van der Waals surface area (Å²) in [5, 5.41) is 16.1. The number of aromatic carboxylic acids is 1. The van der Waals surface area contributed by atoms with Crippen molar-refractivity contribution in [1.82, 2.24) is 19.9 Å². The number of likely N-dealkylation sites (tertiary alicyclic amines) is 1. The standard InChI is InChI=1S/C10H16N4O2/c1-8(13-4-2-3-5-13)6-14-7-9(10(15)16)11-12-14/h7-8H,2-6H2,1H3,(H,15,16)/t8-/m1/s1. The first-order chi connectivity index (χ1) is 7.66. The van der Waals surface area contributed by atoms with Crippen LogP contribution in [0.3, 0.4) is 0 Å². The highest BCUT2D eigenvalue weighted by Gasteiger charge is 2.19. The van der Waals surface area contributed by atoms with Crippen molar-refractivity contribution in [1.29, 1.82) is 0 Å². The Hall–Kier alpha value is -1.43. The third-order valence-electron chi connectivity index (χ3n) is 2.97. The average Bonchev–Trinajstić information content (AvgIpc) is 2.87. The van der Waals surface area contributed by atoms with Crippen LogP contribution in [0.2, 0.25) is 0 Å². The van der Waals surface area contributed by atoms with Gasteiger partial charge in [0.25, 0.3) is 0 Å². The smallest absolute Gasteiger partial charge is 0.358 e. The number of carbonyl (C=O) groups is 1. The van der Waals surface area contributed by atoms with E-state index in [1.807, 2.05) is 0 Å². The number of aromatic nitrogens is 3. The Balaban J connectivity index is 1.94. The van der Waals surface area contributed by atoms with Crippen molar-refractivity contribution in [3.63, 3.8) is 0 Å². The molecule has 88 valence electrons. The van der Waals surface area contributed by atoms with Crippen LogP contribution >= 0.6 is 0 Å². The van der Waals surface area contributed by atoms with Crippen molar-refractivity contribution in [3.8, 4) is 0 Å². The molecule has 0 radical (unpaired) electrons. The lowest BCUT2D eigenvalue weighted by molar-refractivity contribution is 0.0690. The Morgan fingerprint density at radius 2 is 2.25 bits per heavy atom. The average molecular weight is 224 g/mol. The third kappa shape index (κ3) is 2.38. The van der Waals surface area contributed by atoms with Crippen LogP contribution in [-0.2, 0) is 6.54 Å². The van der Waals surface area contributed by atoms with Crippen molar-refractivity contribution in [2.75, 3.05) is 13.1 Å². The van der Waals surface area contributed by atoms with Gasteiger partial charge in [-0.1, -0.05) is 5.21 Å². The van der Waals surface area contributed by atoms with Gasteiger partial charge in [0.05, 0.1) is 12.7 Å². The molecule has 2 heterocycles. The third-order valence-corrected chi connectivity index (χ3v) is 2.97. The maximum Gasteiger partial charge on any atom is 0.358 e. The molecule has 16 heavy (non-hydrogen) atoms. The highest BCUT2D eigenvalue weighted by atomic mass is 16.4. The summed E-state index contributed by atoms with van der Waals surface area (Å²) in [5.74, 6) is -1.03. The molecule has 0 unspecified atom stereocenters. The molecule has 6 nitrogen and oxygen atoms in total. The van der Waals surface area contributed by atoms with Gasteiger partial charge in [0, 0.05) is 6.04 Å². The predicted molar refractivity (Wildman–Crippen MR) is 57.3 cm³/mol. The van der Waals surface area contributed by atoms with Gasteiger partial charge in [-0.3, -0.25) is 9.58 Å². The molecular weight excluding hydrogens is 208 g/mol. The fourth-order valence-electron chi connectivity index (χ4n) is 2.05. The predicted octanol–water partition coefficient (Wildman–Crippen LogP) is 0.461. The fourth-order valence-corrected chi connectivity index (χ4v) is 2.05. The molecular formula is C10H16N4O2. The van der Waals surface area contributed by atoms with Crippen LogP contribution in [0, 0.1) is 0 Å². The van der Waals surface area contributed by atoms with E-state index < -0.39 is 5.97 Å². The number of rotatable bonds is 4. The van der Waals surface area contributed by atoms with E-state index in [9.17, 15) is 4.79 Å². The van der Waals surface area contributed by atoms with Crippen LogP contribution < -0.4 is 0 Å². The van der Waals surface area contributed by atoms with Crippen LogP contribution in [0.5, 0.6) is 0 Å². The molecule has 1 N–H and O–H groups in total. The van der Waals surface area contributed by atoms with Gasteiger partial charge in [0.1, 0.15) is 0 Å². The lowest BCUT2D eigenvalue weighted by Gasteiger charge is -2.23. The molecule has 0 saturated carbocycles. The molecule has 1 aromatic rings. The number of carboxylic acid groups (broad SMARTS) is 1. The van der Waals surface area contributed by atoms with E-state index in [1.165, 1.54) is 19.0 Å². The first kappa shape index (κ1) is 11.1. The zero-order chi connectivity index (χ0) is 11.5. The van der Waals surface area contributed by atoms with Gasteiger partial charge in [-0.2, -0.15) is 0 Å². The van der Waals surface area contributed by atoms with Gasteiger partial charge in [-0.05, 0) is 32.9 Å². The van der Waals surface area contributed by atoms with Crippen LogP contribution in [0.15, 0.2) is 6.20 Å². The summed E-state index contributed by atoms with van der Waals surface area (Å²) in [6.45, 7) is 5.08. The van der Waals surface area contributed by atoms with Gasteiger partial charge < -0.3 is 5.11 Å². The Labute approximate surface area is 93.9 Å². The van der Waals surface area contributed by atoms with Crippen molar-refractivity contribution in [2.24, 2.45) is 0 Å². The molecule has 1 aliphatic rings. The van der Waals surface area contributed by atoms with Gasteiger partial charge in [-0.25, -0.2) is 4.79 Å². The molecule has 0 amide bonds. The minimum absolute atomic E-state index is 0.00798. The summed E-state index contributed by atoms with van der Waals surface area (Å²) in [6.07, 6.45) is 3.99. The Kier molecular flexibility index (Phi) is 3.19. The minimum atomic E-state index is -1.03. The molecule has 0 bridgehead atoms. The zero-order valence-electron chi connectivity index (χ0n) is 9.33. The fraction of sp³-hybridized carbons (Fsp3) is 0.700. The highest BCUT2D eigenvalue weighted by molar-refractivity contribution is 5.84. The molecule has 0 aromatic carbocycles. The highest BCUT2D eigenvalue weighted by Crippen LogP contribution is 2.12. The van der Waals surface area contributed by atoms with Gasteiger partial charge in [-0.15, -0.1) is 5.10 Å². The van der Waals surface area contributed by atoms with Crippen molar-refractivity contribution in [3.05, 3.63) is 11.9 Å². The van der Waals surface area contributed by atoms with Gasteiger partial charge in [0.15, 0.2) is 5.69 Å². The summed E-state index contributed by atoms with van der Waals surface area (Å²) in [4.78, 5) is 13.0. The van der Waals surface area contributed by atoms with Gasteiger partial charge >= 0.3 is 5.97 Å². The molecule has 6 heteroatoms. The number of hydrogen-bond acceptors (Lipinski definition) is 4. The molecule has 1 saturated heterocycles. The van der Waals surface area contributed by atoms with Crippen LogP contribution in [-0.4, -0.2) is 50.1 Å². The van der Waals surface area contributed by atoms with E-state index in [2.05, 4.69) is 22.1 Å². The minimum Gasteiger partial charge on any atom is -0.476 e. The van der Waals surface area contributed by atoms with E-state index in [0.29, 0.717) is 12.6 Å². The topological polar surface area (TPSA) is 71.2 Å². The normalized spacial score (nSPS) is 18.8. The molecule has 1 atom stereocenters. The zero-order valence-corrected chi connectivity index (χ0v) is 9.33. The van der Waals surface area contributed by atoms with Gasteiger partial charge in [0.2, 0.25) is 0 Å². The molecule has 0 spiro atoms. The van der Waals surface area contributed by atoms with E-state index >= 15 is 0 Å². The second kappa shape index (κ2) is 4.61. The number of carboxylic acids is 1. The second-order valence-corrected chi connectivity index (χ2v) is 4.22. The van der Waals surface area contributed by atoms with Crippen molar-refractivity contribution < 1.29 is 9.90 Å². The summed E-state index contributed by atoms with van der Waals surface area (Å²) >= 11 is 0. The lowest BCUT2D eigenvalue weighted by Crippen LogP contribution is -2.33. The second-order valence-electron chi connectivity index (χ2n) is 4.22. The maximum absolute atomic E-state index is 10.6. The first-order valence-corrected chi connectivity index (χ1v) is 5.54. The summed E-state index contributed by atoms with van der Waals surface area (Å²) in [5.41, 5.74) is 0.00798. The summed E-state index contributed by atoms with van der Waals surface area (Å²) in [7, 11) is 0. The van der Waals surface area contributed by atoms with Crippen molar-refractivity contribution >= 4 is 5.97 Å². The lowest BCUT2D eigenvalue weighted by atomic mass is 10.3. The number of nitrogens with zero attached hydrogens (tertiary/aromatic N) is 4. The Morgan fingerprint density at radius 1 is 1.56 bits per heavy atom. The molecule has 1 aromatic heterocycles. The van der Waals surface area contributed by atoms with Crippen LogP contribution in [0.4, 0.5) is 0 Å². The van der Waals surface area contributed by atoms with Crippen LogP contribution in [0.1, 0.15) is 30.3 Å². The monoisotopic (exact) mass is 224 g/mol. The van der Waals surface area contributed by atoms with E-state index in [1.54, 1.807) is 4.68 Å². The van der Waals surface area contributed by atoms with Crippen molar-refractivity contribution in [2.45, 2.75) is 32.4 Å². The quantitative estimate of drug-likeness (QED) is 0.804. The maximum atomic E-state index is 10.6. The summed E-state index contributed by atoms with van der Waals surface area (Å²) in [6, 6.07) is 0.380. The Bertz CT molecular complexity index is 371. The molecule has 0 aliphatic carbocycles. The number of hydrogen-bond donors (Lipinski definition) is 1. The Morgan fingerprint density at radius 3 is 2.81 bits per heavy atom.